The van der Waals surface area contributed by atoms with E-state index in [2.05, 4.69) is 5.32 Å². The maximum atomic E-state index is 11.6. The summed E-state index contributed by atoms with van der Waals surface area (Å²) in [5.41, 5.74) is 0.892. The van der Waals surface area contributed by atoms with E-state index in [9.17, 15) is 29.7 Å². The van der Waals surface area contributed by atoms with Crippen molar-refractivity contribution in [1.82, 2.24) is 0 Å². The number of carboxylic acid groups (broad SMARTS) is 3. The Labute approximate surface area is 162 Å². The Morgan fingerprint density at radius 2 is 1.45 bits per heavy atom. The highest BCUT2D eigenvalue weighted by Gasteiger charge is 2.22. The molecule has 0 amide bonds. The number of hydrogen-bond acceptors (Lipinski definition) is 5. The molecule has 144 valence electrons. The number of aromatic carboxylic acids is 3. The molecule has 0 aliphatic carbocycles. The van der Waals surface area contributed by atoms with Crippen molar-refractivity contribution < 1.29 is 34.1 Å². The molecule has 0 unspecified atom stereocenters. The van der Waals surface area contributed by atoms with Gasteiger partial charge < -0.3 is 25.1 Å². The van der Waals surface area contributed by atoms with Gasteiger partial charge in [0.2, 0.25) is 0 Å². The summed E-state index contributed by atoms with van der Waals surface area (Å²) in [6.45, 7) is 0. The molecule has 0 bridgehead atoms. The molecule has 8 heteroatoms. The SMILES string of the molecule is O=C(O)c1cccc(Nc2ccc(C(=O)O)c3oc4c(C(=O)O)cccc4c23)c1. The van der Waals surface area contributed by atoms with E-state index in [1.165, 1.54) is 30.3 Å². The number of rotatable bonds is 5. The fourth-order valence-electron chi connectivity index (χ4n) is 3.23. The summed E-state index contributed by atoms with van der Waals surface area (Å²) in [7, 11) is 0. The molecule has 29 heavy (non-hydrogen) atoms. The third-order valence-corrected chi connectivity index (χ3v) is 4.50. The normalized spacial score (nSPS) is 10.9. The summed E-state index contributed by atoms with van der Waals surface area (Å²) in [5, 5.41) is 32.0. The fourth-order valence-corrected chi connectivity index (χ4v) is 3.23. The average molecular weight is 391 g/mol. The summed E-state index contributed by atoms with van der Waals surface area (Å²) in [6.07, 6.45) is 0. The van der Waals surface area contributed by atoms with Crippen LogP contribution in [-0.4, -0.2) is 33.2 Å². The molecule has 8 nitrogen and oxygen atoms in total. The summed E-state index contributed by atoms with van der Waals surface area (Å²) in [6, 6.07) is 13.5. The zero-order valence-electron chi connectivity index (χ0n) is 14.7. The molecule has 4 N–H and O–H groups in total. The van der Waals surface area contributed by atoms with Crippen LogP contribution in [0.2, 0.25) is 0 Å². The van der Waals surface area contributed by atoms with Crippen molar-refractivity contribution >= 4 is 51.2 Å². The van der Waals surface area contributed by atoms with Gasteiger partial charge in [-0.05, 0) is 36.4 Å². The van der Waals surface area contributed by atoms with Gasteiger partial charge in [0.1, 0.15) is 16.7 Å². The first-order valence-corrected chi connectivity index (χ1v) is 8.42. The van der Waals surface area contributed by atoms with Crippen LogP contribution in [0.4, 0.5) is 11.4 Å². The van der Waals surface area contributed by atoms with Gasteiger partial charge in [-0.2, -0.15) is 0 Å². The van der Waals surface area contributed by atoms with Crippen LogP contribution >= 0.6 is 0 Å². The molecular weight excluding hydrogens is 378 g/mol. The lowest BCUT2D eigenvalue weighted by molar-refractivity contribution is 0.0686. The lowest BCUT2D eigenvalue weighted by atomic mass is 10.0. The van der Waals surface area contributed by atoms with E-state index in [4.69, 9.17) is 4.42 Å². The van der Waals surface area contributed by atoms with Crippen LogP contribution in [-0.2, 0) is 0 Å². The van der Waals surface area contributed by atoms with Crippen molar-refractivity contribution in [2.45, 2.75) is 0 Å². The molecule has 0 atom stereocenters. The van der Waals surface area contributed by atoms with Crippen LogP contribution < -0.4 is 5.32 Å². The van der Waals surface area contributed by atoms with E-state index in [0.29, 0.717) is 22.1 Å². The highest BCUT2D eigenvalue weighted by molar-refractivity contribution is 6.19. The number of hydrogen-bond donors (Lipinski definition) is 4. The molecule has 0 radical (unpaired) electrons. The number of para-hydroxylation sites is 1. The second kappa shape index (κ2) is 6.68. The van der Waals surface area contributed by atoms with Crippen LogP contribution in [0.15, 0.2) is 59.0 Å². The number of carbonyl (C=O) groups is 3. The first-order chi connectivity index (χ1) is 13.9. The molecule has 3 aromatic carbocycles. The topological polar surface area (TPSA) is 137 Å². The molecule has 0 saturated heterocycles. The van der Waals surface area contributed by atoms with E-state index >= 15 is 0 Å². The third-order valence-electron chi connectivity index (χ3n) is 4.50. The van der Waals surface area contributed by atoms with Gasteiger partial charge in [0, 0.05) is 11.1 Å². The summed E-state index contributed by atoms with van der Waals surface area (Å²) in [4.78, 5) is 34.4. The number of fused-ring (bicyclic) bond motifs is 3. The average Bonchev–Trinajstić information content (AvgIpc) is 3.07. The first kappa shape index (κ1) is 18.1. The van der Waals surface area contributed by atoms with E-state index in [1.807, 2.05) is 0 Å². The van der Waals surface area contributed by atoms with Crippen molar-refractivity contribution in [2.75, 3.05) is 5.32 Å². The molecular formula is C21H13NO7. The molecule has 0 aliphatic rings. The molecule has 0 fully saturated rings. The Balaban J connectivity index is 1.99. The number of nitrogens with one attached hydrogen (secondary N) is 1. The molecule has 0 saturated carbocycles. The second-order valence-electron chi connectivity index (χ2n) is 6.27. The monoisotopic (exact) mass is 391 g/mol. The maximum Gasteiger partial charge on any atom is 0.339 e. The van der Waals surface area contributed by atoms with Crippen molar-refractivity contribution in [2.24, 2.45) is 0 Å². The third kappa shape index (κ3) is 3.02. The van der Waals surface area contributed by atoms with Gasteiger partial charge in [0.15, 0.2) is 5.58 Å². The van der Waals surface area contributed by atoms with Gasteiger partial charge in [0.25, 0.3) is 0 Å². The summed E-state index contributed by atoms with van der Waals surface area (Å²) < 4.78 is 5.68. The van der Waals surface area contributed by atoms with Crippen LogP contribution in [0.1, 0.15) is 31.1 Å². The molecule has 0 aliphatic heterocycles. The van der Waals surface area contributed by atoms with Gasteiger partial charge in [-0.3, -0.25) is 0 Å². The number of benzene rings is 3. The zero-order valence-corrected chi connectivity index (χ0v) is 14.7. The molecule has 4 aromatic rings. The molecule has 1 aromatic heterocycles. The van der Waals surface area contributed by atoms with Crippen LogP contribution in [0.5, 0.6) is 0 Å². The molecule has 1 heterocycles. The van der Waals surface area contributed by atoms with E-state index < -0.39 is 17.9 Å². The minimum atomic E-state index is -1.22. The number of furan rings is 1. The van der Waals surface area contributed by atoms with Gasteiger partial charge in [0.05, 0.1) is 16.6 Å². The Kier molecular flexibility index (Phi) is 4.16. The number of anilines is 2. The fraction of sp³-hybridized carbons (Fsp3) is 0. The Bertz CT molecular complexity index is 1320. The first-order valence-electron chi connectivity index (χ1n) is 8.42. The van der Waals surface area contributed by atoms with Crippen LogP contribution in [0, 0.1) is 0 Å². The Morgan fingerprint density at radius 1 is 0.759 bits per heavy atom. The standard InChI is InChI=1S/C21H13NO7/c23-19(24)10-3-1-4-11(9-10)22-15-8-7-14(21(27)28)18-16(15)12-5-2-6-13(20(25)26)17(12)29-18/h1-9,22H,(H,23,24)(H,25,26)(H,27,28). The minimum absolute atomic E-state index is 0.0283. The highest BCUT2D eigenvalue weighted by Crippen LogP contribution is 2.39. The number of carboxylic acids is 3. The largest absolute Gasteiger partial charge is 0.478 e. The van der Waals surface area contributed by atoms with Crippen molar-refractivity contribution in [3.05, 3.63) is 71.3 Å². The van der Waals surface area contributed by atoms with Gasteiger partial charge in [-0.25, -0.2) is 14.4 Å². The van der Waals surface area contributed by atoms with Crippen molar-refractivity contribution in [3.8, 4) is 0 Å². The summed E-state index contributed by atoms with van der Waals surface area (Å²) in [5.74, 6) is -3.50. The predicted octanol–water partition coefficient (Wildman–Crippen LogP) is 4.42. The minimum Gasteiger partial charge on any atom is -0.478 e. The second-order valence-corrected chi connectivity index (χ2v) is 6.27. The molecule has 0 spiro atoms. The smallest absolute Gasteiger partial charge is 0.339 e. The lowest BCUT2D eigenvalue weighted by Gasteiger charge is -2.09. The van der Waals surface area contributed by atoms with Gasteiger partial charge in [-0.15, -0.1) is 0 Å². The van der Waals surface area contributed by atoms with Gasteiger partial charge in [-0.1, -0.05) is 18.2 Å². The quantitative estimate of drug-likeness (QED) is 0.392. The molecule has 4 rings (SSSR count). The van der Waals surface area contributed by atoms with E-state index in [0.717, 1.165) is 0 Å². The van der Waals surface area contributed by atoms with Crippen LogP contribution in [0.3, 0.4) is 0 Å². The maximum absolute atomic E-state index is 11.6. The highest BCUT2D eigenvalue weighted by atomic mass is 16.4. The van der Waals surface area contributed by atoms with E-state index in [-0.39, 0.29) is 27.9 Å². The Hall–Kier alpha value is -4.33. The van der Waals surface area contributed by atoms with Crippen molar-refractivity contribution in [1.29, 1.82) is 0 Å². The lowest BCUT2D eigenvalue weighted by Crippen LogP contribution is -2.00. The van der Waals surface area contributed by atoms with E-state index in [1.54, 1.807) is 24.3 Å². The Morgan fingerprint density at radius 3 is 2.14 bits per heavy atom. The van der Waals surface area contributed by atoms with Gasteiger partial charge >= 0.3 is 17.9 Å². The zero-order chi connectivity index (χ0) is 20.7. The van der Waals surface area contributed by atoms with Crippen molar-refractivity contribution in [3.63, 3.8) is 0 Å². The summed E-state index contributed by atoms with van der Waals surface area (Å²) >= 11 is 0. The predicted molar refractivity (Wildman–Crippen MR) is 104 cm³/mol. The van der Waals surface area contributed by atoms with Crippen LogP contribution in [0.25, 0.3) is 21.9 Å².